The number of ether oxygens (including phenoxy) is 1. The van der Waals surface area contributed by atoms with Crippen molar-refractivity contribution in [3.8, 4) is 5.75 Å². The van der Waals surface area contributed by atoms with Gasteiger partial charge in [0.05, 0.1) is 13.5 Å². The zero-order valence-electron chi connectivity index (χ0n) is 18.6. The van der Waals surface area contributed by atoms with Crippen LogP contribution < -0.4 is 10.1 Å². The van der Waals surface area contributed by atoms with E-state index in [2.05, 4.69) is 41.7 Å². The summed E-state index contributed by atoms with van der Waals surface area (Å²) in [6.07, 6.45) is 5.33. The third-order valence-electron chi connectivity index (χ3n) is 6.32. The van der Waals surface area contributed by atoms with Crippen molar-refractivity contribution in [1.29, 1.82) is 0 Å². The first-order valence-corrected chi connectivity index (χ1v) is 11.3. The molecule has 4 heteroatoms. The zero-order valence-corrected chi connectivity index (χ0v) is 18.6. The Bertz CT molecular complexity index is 1060. The molecule has 0 aromatic heterocycles. The van der Waals surface area contributed by atoms with E-state index in [0.717, 1.165) is 55.6 Å². The van der Waals surface area contributed by atoms with E-state index < -0.39 is 5.97 Å². The SMILES string of the molecule is COc1ccc([C@@H]2CCc3c[c]ccc3C2)c(NCCCc2ccc(CC(=O)O)cc2)c1. The summed E-state index contributed by atoms with van der Waals surface area (Å²) in [5, 5.41) is 12.6. The van der Waals surface area contributed by atoms with Gasteiger partial charge in [-0.3, -0.25) is 4.79 Å². The maximum absolute atomic E-state index is 10.8. The number of hydrogen-bond acceptors (Lipinski definition) is 3. The Morgan fingerprint density at radius 2 is 1.94 bits per heavy atom. The highest BCUT2D eigenvalue weighted by atomic mass is 16.5. The lowest BCUT2D eigenvalue weighted by Crippen LogP contribution is -2.15. The van der Waals surface area contributed by atoms with Crippen molar-refractivity contribution in [2.45, 2.75) is 44.4 Å². The van der Waals surface area contributed by atoms with Crippen molar-refractivity contribution < 1.29 is 14.6 Å². The minimum absolute atomic E-state index is 0.0738. The molecule has 0 unspecified atom stereocenters. The number of carboxylic acids is 1. The number of aliphatic carboxylic acids is 1. The molecule has 1 aliphatic carbocycles. The number of fused-ring (bicyclic) bond motifs is 1. The van der Waals surface area contributed by atoms with Crippen LogP contribution in [-0.2, 0) is 30.5 Å². The highest BCUT2D eigenvalue weighted by Crippen LogP contribution is 2.37. The van der Waals surface area contributed by atoms with E-state index in [4.69, 9.17) is 9.84 Å². The van der Waals surface area contributed by atoms with Gasteiger partial charge in [0.25, 0.3) is 0 Å². The second-order valence-electron chi connectivity index (χ2n) is 8.51. The van der Waals surface area contributed by atoms with E-state index in [-0.39, 0.29) is 6.42 Å². The van der Waals surface area contributed by atoms with Gasteiger partial charge >= 0.3 is 5.97 Å². The van der Waals surface area contributed by atoms with Crippen molar-refractivity contribution in [2.75, 3.05) is 19.0 Å². The molecule has 0 saturated carbocycles. The Balaban J connectivity index is 1.38. The Kier molecular flexibility index (Phi) is 7.10. The van der Waals surface area contributed by atoms with Gasteiger partial charge < -0.3 is 15.2 Å². The Morgan fingerprint density at radius 1 is 1.12 bits per heavy atom. The van der Waals surface area contributed by atoms with Crippen molar-refractivity contribution in [3.05, 3.63) is 94.5 Å². The normalized spacial score (nSPS) is 15.1. The minimum atomic E-state index is -0.796. The second-order valence-corrected chi connectivity index (χ2v) is 8.51. The molecule has 0 heterocycles. The van der Waals surface area contributed by atoms with Gasteiger partial charge in [0.15, 0.2) is 0 Å². The van der Waals surface area contributed by atoms with Crippen LogP contribution in [0.15, 0.2) is 60.7 Å². The number of anilines is 1. The number of methoxy groups -OCH3 is 1. The molecule has 0 aliphatic heterocycles. The van der Waals surface area contributed by atoms with Crippen LogP contribution in [0.3, 0.4) is 0 Å². The smallest absolute Gasteiger partial charge is 0.307 e. The number of aryl methyl sites for hydroxylation is 2. The number of rotatable bonds is 9. The van der Waals surface area contributed by atoms with E-state index >= 15 is 0 Å². The van der Waals surface area contributed by atoms with Crippen LogP contribution in [0.1, 0.15) is 46.6 Å². The number of hydrogen-bond donors (Lipinski definition) is 2. The van der Waals surface area contributed by atoms with Gasteiger partial charge in [-0.1, -0.05) is 48.5 Å². The quantitative estimate of drug-likeness (QED) is 0.446. The molecule has 1 radical (unpaired) electrons. The van der Waals surface area contributed by atoms with E-state index in [1.807, 2.05) is 30.3 Å². The Morgan fingerprint density at radius 3 is 2.72 bits per heavy atom. The molecule has 32 heavy (non-hydrogen) atoms. The van der Waals surface area contributed by atoms with Gasteiger partial charge in [-0.15, -0.1) is 0 Å². The van der Waals surface area contributed by atoms with Crippen LogP contribution >= 0.6 is 0 Å². The number of carbonyl (C=O) groups is 1. The fraction of sp³-hybridized carbons (Fsp3) is 0.321. The summed E-state index contributed by atoms with van der Waals surface area (Å²) < 4.78 is 5.48. The zero-order chi connectivity index (χ0) is 22.3. The summed E-state index contributed by atoms with van der Waals surface area (Å²) in [4.78, 5) is 10.8. The predicted octanol–water partition coefficient (Wildman–Crippen LogP) is 5.44. The molecule has 3 aromatic rings. The number of nitrogens with one attached hydrogen (secondary N) is 1. The molecule has 3 aromatic carbocycles. The maximum Gasteiger partial charge on any atom is 0.307 e. The fourth-order valence-corrected chi connectivity index (χ4v) is 4.58. The topological polar surface area (TPSA) is 58.6 Å². The van der Waals surface area contributed by atoms with Gasteiger partial charge in [-0.25, -0.2) is 0 Å². The van der Waals surface area contributed by atoms with E-state index in [0.29, 0.717) is 5.92 Å². The number of carboxylic acid groups (broad SMARTS) is 1. The molecule has 1 atom stereocenters. The molecule has 0 saturated heterocycles. The lowest BCUT2D eigenvalue weighted by Gasteiger charge is -2.27. The van der Waals surface area contributed by atoms with Crippen LogP contribution in [0.2, 0.25) is 0 Å². The molecule has 2 N–H and O–H groups in total. The first-order valence-electron chi connectivity index (χ1n) is 11.3. The third-order valence-corrected chi connectivity index (χ3v) is 6.32. The van der Waals surface area contributed by atoms with Crippen molar-refractivity contribution >= 4 is 11.7 Å². The lowest BCUT2D eigenvalue weighted by atomic mass is 9.79. The first-order chi connectivity index (χ1) is 15.6. The molecule has 0 amide bonds. The summed E-state index contributed by atoms with van der Waals surface area (Å²) in [5.74, 6) is 0.576. The van der Waals surface area contributed by atoms with Crippen LogP contribution in [0, 0.1) is 6.07 Å². The summed E-state index contributed by atoms with van der Waals surface area (Å²) in [6.45, 7) is 0.870. The summed E-state index contributed by atoms with van der Waals surface area (Å²) in [7, 11) is 1.71. The fourth-order valence-electron chi connectivity index (χ4n) is 4.58. The highest BCUT2D eigenvalue weighted by molar-refractivity contribution is 5.70. The molecular formula is C28H30NO3. The van der Waals surface area contributed by atoms with E-state index in [1.54, 1.807) is 7.11 Å². The molecule has 1 aliphatic rings. The highest BCUT2D eigenvalue weighted by Gasteiger charge is 2.22. The average Bonchev–Trinajstić information content (AvgIpc) is 2.82. The van der Waals surface area contributed by atoms with Gasteiger partial charge in [-0.2, -0.15) is 0 Å². The van der Waals surface area contributed by atoms with Gasteiger partial charge in [-0.05, 0) is 78.0 Å². The lowest BCUT2D eigenvalue weighted by molar-refractivity contribution is -0.136. The van der Waals surface area contributed by atoms with Crippen molar-refractivity contribution in [3.63, 3.8) is 0 Å². The molecule has 0 fully saturated rings. The molecule has 165 valence electrons. The molecule has 4 nitrogen and oxygen atoms in total. The standard InChI is InChI=1S/C28H30NO3/c1-32-25-14-15-26(24-13-12-22-6-2-3-7-23(22)18-24)27(19-25)29-16-4-5-20-8-10-21(11-9-20)17-28(30)31/h3,6-11,14-15,19,24,29H,4-5,12-13,16-18H2,1H3,(H,30,31)/t24-/m1/s1. The summed E-state index contributed by atoms with van der Waals surface area (Å²) in [6, 6.07) is 23.8. The minimum Gasteiger partial charge on any atom is -0.497 e. The molecule has 0 spiro atoms. The first kappa shape index (κ1) is 21.9. The molecule has 4 rings (SSSR count). The van der Waals surface area contributed by atoms with Crippen LogP contribution in [0.25, 0.3) is 0 Å². The van der Waals surface area contributed by atoms with Gasteiger partial charge in [0, 0.05) is 18.3 Å². The summed E-state index contributed by atoms with van der Waals surface area (Å²) >= 11 is 0. The van der Waals surface area contributed by atoms with Crippen molar-refractivity contribution in [2.24, 2.45) is 0 Å². The second kappa shape index (κ2) is 10.4. The van der Waals surface area contributed by atoms with Crippen LogP contribution in [0.4, 0.5) is 5.69 Å². The predicted molar refractivity (Wildman–Crippen MR) is 128 cm³/mol. The van der Waals surface area contributed by atoms with Crippen LogP contribution in [-0.4, -0.2) is 24.7 Å². The van der Waals surface area contributed by atoms with E-state index in [9.17, 15) is 4.79 Å². The molecule has 0 bridgehead atoms. The van der Waals surface area contributed by atoms with Gasteiger partial charge in [0.1, 0.15) is 5.75 Å². The van der Waals surface area contributed by atoms with E-state index in [1.165, 1.54) is 22.3 Å². The Labute approximate surface area is 190 Å². The van der Waals surface area contributed by atoms with Crippen molar-refractivity contribution in [1.82, 2.24) is 0 Å². The maximum atomic E-state index is 10.8. The monoisotopic (exact) mass is 428 g/mol. The third kappa shape index (κ3) is 5.50. The largest absolute Gasteiger partial charge is 0.497 e. The Hall–Kier alpha value is -3.27. The summed E-state index contributed by atoms with van der Waals surface area (Å²) in [5.41, 5.74) is 7.47. The van der Waals surface area contributed by atoms with Crippen LogP contribution in [0.5, 0.6) is 5.75 Å². The van der Waals surface area contributed by atoms with Gasteiger partial charge in [0.2, 0.25) is 0 Å². The number of benzene rings is 3. The molecular weight excluding hydrogens is 398 g/mol. The average molecular weight is 429 g/mol.